The molecule has 118 valence electrons. The standard InChI is InChI=1S/C22H18OS/c1-17(22(23)19-11-6-3-7-12-19)20(21-13-8-16-24-21)15-14-18-9-4-2-5-10-18/h2-13,16-17,20H,1H3/t17-,20?/m0/s1. The van der Waals surface area contributed by atoms with E-state index in [1.165, 1.54) is 0 Å². The highest BCUT2D eigenvalue weighted by molar-refractivity contribution is 7.10. The summed E-state index contributed by atoms with van der Waals surface area (Å²) in [5.41, 5.74) is 1.71. The van der Waals surface area contributed by atoms with E-state index in [9.17, 15) is 4.79 Å². The van der Waals surface area contributed by atoms with Gasteiger partial charge in [0.15, 0.2) is 5.78 Å². The lowest BCUT2D eigenvalue weighted by molar-refractivity contribution is 0.0923. The third-order valence-electron chi connectivity index (χ3n) is 3.97. The van der Waals surface area contributed by atoms with Gasteiger partial charge in [-0.05, 0) is 23.6 Å². The van der Waals surface area contributed by atoms with Crippen LogP contribution in [0.15, 0.2) is 78.2 Å². The van der Waals surface area contributed by atoms with Gasteiger partial charge in [0.1, 0.15) is 0 Å². The van der Waals surface area contributed by atoms with Gasteiger partial charge in [0.05, 0.1) is 5.92 Å². The fourth-order valence-corrected chi connectivity index (χ4v) is 3.49. The molecule has 1 nitrogen and oxygen atoms in total. The van der Waals surface area contributed by atoms with Crippen LogP contribution in [0.25, 0.3) is 0 Å². The lowest BCUT2D eigenvalue weighted by Gasteiger charge is -2.17. The molecule has 3 rings (SSSR count). The van der Waals surface area contributed by atoms with Gasteiger partial charge < -0.3 is 0 Å². The second-order valence-corrected chi connectivity index (χ2v) is 6.63. The molecule has 0 amide bonds. The summed E-state index contributed by atoms with van der Waals surface area (Å²) in [5.74, 6) is 6.40. The van der Waals surface area contributed by atoms with E-state index in [-0.39, 0.29) is 17.6 Å². The molecular formula is C22H18OS. The first-order valence-electron chi connectivity index (χ1n) is 7.95. The summed E-state index contributed by atoms with van der Waals surface area (Å²) in [5, 5.41) is 2.03. The van der Waals surface area contributed by atoms with Crippen molar-refractivity contribution in [3.05, 3.63) is 94.2 Å². The number of benzene rings is 2. The zero-order chi connectivity index (χ0) is 16.8. The number of carbonyl (C=O) groups is 1. The van der Waals surface area contributed by atoms with Crippen LogP contribution in [0.2, 0.25) is 0 Å². The number of ketones is 1. The van der Waals surface area contributed by atoms with E-state index in [1.54, 1.807) is 11.3 Å². The summed E-state index contributed by atoms with van der Waals surface area (Å²) in [4.78, 5) is 14.0. The average Bonchev–Trinajstić information content (AvgIpc) is 3.17. The van der Waals surface area contributed by atoms with Crippen molar-refractivity contribution in [3.63, 3.8) is 0 Å². The lowest BCUT2D eigenvalue weighted by atomic mass is 9.86. The van der Waals surface area contributed by atoms with Gasteiger partial charge in [-0.15, -0.1) is 11.3 Å². The largest absolute Gasteiger partial charge is 0.294 e. The number of thiophene rings is 1. The predicted octanol–water partition coefficient (Wildman–Crippen LogP) is 5.40. The van der Waals surface area contributed by atoms with E-state index in [4.69, 9.17) is 0 Å². The summed E-state index contributed by atoms with van der Waals surface area (Å²) in [6.07, 6.45) is 0. The van der Waals surface area contributed by atoms with E-state index in [1.807, 2.05) is 79.0 Å². The molecule has 24 heavy (non-hydrogen) atoms. The first-order valence-corrected chi connectivity index (χ1v) is 8.83. The van der Waals surface area contributed by atoms with Gasteiger partial charge >= 0.3 is 0 Å². The SMILES string of the molecule is C[C@H](C(=O)c1ccccc1)C(C#Cc1ccccc1)c1cccs1. The Morgan fingerprint density at radius 3 is 2.21 bits per heavy atom. The highest BCUT2D eigenvalue weighted by atomic mass is 32.1. The maximum absolute atomic E-state index is 12.8. The molecule has 0 bridgehead atoms. The summed E-state index contributed by atoms with van der Waals surface area (Å²) >= 11 is 1.65. The normalized spacial score (nSPS) is 12.7. The van der Waals surface area contributed by atoms with Crippen molar-refractivity contribution in [3.8, 4) is 11.8 Å². The van der Waals surface area contributed by atoms with Gasteiger partial charge in [-0.2, -0.15) is 0 Å². The van der Waals surface area contributed by atoms with Crippen LogP contribution in [0.3, 0.4) is 0 Å². The monoisotopic (exact) mass is 330 g/mol. The molecule has 1 heterocycles. The molecule has 1 unspecified atom stereocenters. The van der Waals surface area contributed by atoms with E-state index in [0.717, 1.165) is 16.0 Å². The minimum atomic E-state index is -0.192. The molecule has 2 atom stereocenters. The number of carbonyl (C=O) groups excluding carboxylic acids is 1. The van der Waals surface area contributed by atoms with E-state index < -0.39 is 0 Å². The molecular weight excluding hydrogens is 312 g/mol. The highest BCUT2D eigenvalue weighted by Crippen LogP contribution is 2.30. The molecule has 2 heteroatoms. The van der Waals surface area contributed by atoms with Crippen LogP contribution >= 0.6 is 11.3 Å². The summed E-state index contributed by atoms with van der Waals surface area (Å²) in [6.45, 7) is 1.97. The molecule has 3 aromatic rings. The summed E-state index contributed by atoms with van der Waals surface area (Å²) in [6, 6.07) is 23.4. The van der Waals surface area contributed by atoms with Gasteiger partial charge in [-0.25, -0.2) is 0 Å². The Hall–Kier alpha value is -2.63. The molecule has 2 aromatic carbocycles. The Morgan fingerprint density at radius 1 is 0.917 bits per heavy atom. The Balaban J connectivity index is 1.91. The first-order chi connectivity index (χ1) is 11.8. The molecule has 0 spiro atoms. The Bertz CT molecular complexity index is 839. The maximum atomic E-state index is 12.8. The van der Waals surface area contributed by atoms with Crippen LogP contribution in [0.5, 0.6) is 0 Å². The third kappa shape index (κ3) is 3.82. The third-order valence-corrected chi connectivity index (χ3v) is 4.92. The van der Waals surface area contributed by atoms with Crippen molar-refractivity contribution in [2.45, 2.75) is 12.8 Å². The molecule has 0 aliphatic heterocycles. The smallest absolute Gasteiger partial charge is 0.167 e. The van der Waals surface area contributed by atoms with Crippen molar-refractivity contribution < 1.29 is 4.79 Å². The number of hydrogen-bond acceptors (Lipinski definition) is 2. The van der Waals surface area contributed by atoms with Crippen LogP contribution in [0, 0.1) is 17.8 Å². The van der Waals surface area contributed by atoms with Crippen molar-refractivity contribution in [1.82, 2.24) is 0 Å². The van der Waals surface area contributed by atoms with Crippen LogP contribution in [-0.4, -0.2) is 5.78 Å². The van der Waals surface area contributed by atoms with E-state index in [0.29, 0.717) is 0 Å². The fraction of sp³-hybridized carbons (Fsp3) is 0.136. The van der Waals surface area contributed by atoms with E-state index >= 15 is 0 Å². The average molecular weight is 330 g/mol. The van der Waals surface area contributed by atoms with Gasteiger partial charge in [-0.3, -0.25) is 4.79 Å². The number of Topliss-reactive ketones (excluding diaryl/α,β-unsaturated/α-hetero) is 1. The van der Waals surface area contributed by atoms with Crippen molar-refractivity contribution in [2.24, 2.45) is 5.92 Å². The summed E-state index contributed by atoms with van der Waals surface area (Å²) < 4.78 is 0. The molecule has 0 fully saturated rings. The number of rotatable bonds is 4. The van der Waals surface area contributed by atoms with Crippen molar-refractivity contribution in [2.75, 3.05) is 0 Å². The maximum Gasteiger partial charge on any atom is 0.167 e. The second kappa shape index (κ2) is 7.77. The minimum absolute atomic E-state index is 0.0992. The Morgan fingerprint density at radius 2 is 1.58 bits per heavy atom. The lowest BCUT2D eigenvalue weighted by Crippen LogP contribution is -2.18. The summed E-state index contributed by atoms with van der Waals surface area (Å²) in [7, 11) is 0. The zero-order valence-electron chi connectivity index (χ0n) is 13.5. The quantitative estimate of drug-likeness (QED) is 0.462. The van der Waals surface area contributed by atoms with Crippen LogP contribution in [0.4, 0.5) is 0 Å². The topological polar surface area (TPSA) is 17.1 Å². The Kier molecular flexibility index (Phi) is 5.25. The Labute approximate surface area is 147 Å². The van der Waals surface area contributed by atoms with Gasteiger partial charge in [0.25, 0.3) is 0 Å². The highest BCUT2D eigenvalue weighted by Gasteiger charge is 2.25. The van der Waals surface area contributed by atoms with Crippen LogP contribution in [-0.2, 0) is 0 Å². The second-order valence-electron chi connectivity index (χ2n) is 5.65. The molecule has 0 radical (unpaired) electrons. The zero-order valence-corrected chi connectivity index (χ0v) is 14.3. The molecule has 0 saturated carbocycles. The molecule has 0 N–H and O–H groups in total. The van der Waals surface area contributed by atoms with E-state index in [2.05, 4.69) is 17.9 Å². The van der Waals surface area contributed by atoms with Crippen LogP contribution < -0.4 is 0 Å². The van der Waals surface area contributed by atoms with Gasteiger partial charge in [0.2, 0.25) is 0 Å². The molecule has 1 aromatic heterocycles. The van der Waals surface area contributed by atoms with Crippen molar-refractivity contribution >= 4 is 17.1 Å². The first kappa shape index (κ1) is 16.2. The predicted molar refractivity (Wildman–Crippen MR) is 100 cm³/mol. The molecule has 0 aliphatic carbocycles. The fourth-order valence-electron chi connectivity index (χ4n) is 2.61. The van der Waals surface area contributed by atoms with Gasteiger partial charge in [0, 0.05) is 21.9 Å². The van der Waals surface area contributed by atoms with Crippen molar-refractivity contribution in [1.29, 1.82) is 0 Å². The molecule has 0 saturated heterocycles. The number of hydrogen-bond donors (Lipinski definition) is 0. The van der Waals surface area contributed by atoms with Crippen LogP contribution in [0.1, 0.15) is 33.6 Å². The molecule has 0 aliphatic rings. The minimum Gasteiger partial charge on any atom is -0.294 e. The van der Waals surface area contributed by atoms with Gasteiger partial charge in [-0.1, -0.05) is 73.4 Å².